The molecule has 1 heterocycles. The van der Waals surface area contributed by atoms with Crippen LogP contribution in [0.15, 0.2) is 0 Å². The normalized spacial score (nSPS) is 42.0. The largest absolute Gasteiger partial charge is 0.396 e. The summed E-state index contributed by atoms with van der Waals surface area (Å²) in [6, 6.07) is 0.365. The van der Waals surface area contributed by atoms with Crippen molar-refractivity contribution in [3.63, 3.8) is 0 Å². The van der Waals surface area contributed by atoms with Crippen molar-refractivity contribution in [1.82, 2.24) is 10.2 Å². The molecule has 0 radical (unpaired) electrons. The fraction of sp³-hybridized carbons (Fsp3) is 0.947. The number of aliphatic hydroxyl groups is 1. The van der Waals surface area contributed by atoms with E-state index in [9.17, 15) is 9.90 Å². The molecule has 5 aliphatic rings. The van der Waals surface area contributed by atoms with Gasteiger partial charge in [0, 0.05) is 25.7 Å². The second-order valence-corrected chi connectivity index (χ2v) is 8.93. The molecule has 5 rings (SSSR count). The maximum atomic E-state index is 12.7. The molecule has 0 aromatic heterocycles. The molecule has 1 unspecified atom stereocenters. The van der Waals surface area contributed by atoms with Crippen molar-refractivity contribution < 1.29 is 9.90 Å². The van der Waals surface area contributed by atoms with Crippen LogP contribution in [0.2, 0.25) is 0 Å². The molecule has 0 aromatic carbocycles. The van der Waals surface area contributed by atoms with Crippen molar-refractivity contribution in [3.05, 3.63) is 0 Å². The Kier molecular flexibility index (Phi) is 4.29. The fourth-order valence-corrected chi connectivity index (χ4v) is 6.59. The summed E-state index contributed by atoms with van der Waals surface area (Å²) in [5, 5.41) is 12.5. The second-order valence-electron chi connectivity index (χ2n) is 8.93. The summed E-state index contributed by atoms with van der Waals surface area (Å²) in [6.07, 6.45) is 12.5. The molecule has 0 spiro atoms. The first-order chi connectivity index (χ1) is 11.2. The molecule has 130 valence electrons. The lowest BCUT2D eigenvalue weighted by atomic mass is 9.49. The van der Waals surface area contributed by atoms with Gasteiger partial charge in [-0.2, -0.15) is 0 Å². The topological polar surface area (TPSA) is 52.6 Å². The quantitative estimate of drug-likeness (QED) is 0.836. The lowest BCUT2D eigenvalue weighted by Crippen LogP contribution is -2.54. The molecule has 4 nitrogen and oxygen atoms in total. The van der Waals surface area contributed by atoms with E-state index in [0.717, 1.165) is 50.1 Å². The number of aliphatic hydroxyl groups excluding tert-OH is 1. The smallest absolute Gasteiger partial charge is 0.317 e. The molecule has 4 bridgehead atoms. The zero-order valence-corrected chi connectivity index (χ0v) is 14.3. The Bertz CT molecular complexity index is 413. The van der Waals surface area contributed by atoms with E-state index in [1.165, 1.54) is 44.9 Å². The van der Waals surface area contributed by atoms with Crippen molar-refractivity contribution in [2.45, 2.75) is 70.3 Å². The Balaban J connectivity index is 1.36. The van der Waals surface area contributed by atoms with Gasteiger partial charge in [-0.25, -0.2) is 4.79 Å². The van der Waals surface area contributed by atoms with Crippen LogP contribution in [0.5, 0.6) is 0 Å². The van der Waals surface area contributed by atoms with Gasteiger partial charge in [0.15, 0.2) is 0 Å². The van der Waals surface area contributed by atoms with E-state index in [2.05, 4.69) is 5.32 Å². The Labute approximate surface area is 140 Å². The van der Waals surface area contributed by atoms with Crippen molar-refractivity contribution >= 4 is 6.03 Å². The summed E-state index contributed by atoms with van der Waals surface area (Å²) >= 11 is 0. The van der Waals surface area contributed by atoms with Gasteiger partial charge in [-0.1, -0.05) is 0 Å². The SMILES string of the molecule is O=C(NCC12CC3CC(CC(C3)C1)C2)N1CCCCC1CCO. The maximum Gasteiger partial charge on any atom is 0.317 e. The Morgan fingerprint density at radius 2 is 1.74 bits per heavy atom. The lowest BCUT2D eigenvalue weighted by Gasteiger charge is -2.57. The molecule has 2 N–H and O–H groups in total. The average Bonchev–Trinajstić information content (AvgIpc) is 2.52. The van der Waals surface area contributed by atoms with Gasteiger partial charge in [0.1, 0.15) is 0 Å². The van der Waals surface area contributed by atoms with Gasteiger partial charge in [-0.15, -0.1) is 0 Å². The van der Waals surface area contributed by atoms with Gasteiger partial charge in [-0.05, 0) is 87.4 Å². The van der Waals surface area contributed by atoms with Crippen LogP contribution in [0, 0.1) is 23.2 Å². The number of rotatable bonds is 4. The highest BCUT2D eigenvalue weighted by Crippen LogP contribution is 2.59. The summed E-state index contributed by atoms with van der Waals surface area (Å²) in [5.74, 6) is 2.82. The van der Waals surface area contributed by atoms with Crippen LogP contribution in [0.4, 0.5) is 4.79 Å². The van der Waals surface area contributed by atoms with E-state index >= 15 is 0 Å². The predicted octanol–water partition coefficient (Wildman–Crippen LogP) is 3.15. The van der Waals surface area contributed by atoms with Gasteiger partial charge in [-0.3, -0.25) is 0 Å². The number of piperidine rings is 1. The van der Waals surface area contributed by atoms with Crippen molar-refractivity contribution in [1.29, 1.82) is 0 Å². The molecule has 23 heavy (non-hydrogen) atoms. The Hall–Kier alpha value is -0.770. The molecule has 5 fully saturated rings. The number of urea groups is 1. The van der Waals surface area contributed by atoms with Crippen LogP contribution in [-0.4, -0.2) is 41.8 Å². The third kappa shape index (κ3) is 3.11. The number of likely N-dealkylation sites (tertiary alicyclic amines) is 1. The lowest BCUT2D eigenvalue weighted by molar-refractivity contribution is -0.0505. The standard InChI is InChI=1S/C19H32N2O2/c22-6-4-17-3-1-2-5-21(17)18(23)20-13-19-10-14-7-15(11-19)9-16(8-14)12-19/h14-17,22H,1-13H2,(H,20,23). The van der Waals surface area contributed by atoms with E-state index in [-0.39, 0.29) is 18.7 Å². The number of hydrogen-bond donors (Lipinski definition) is 2. The highest BCUT2D eigenvalue weighted by molar-refractivity contribution is 5.74. The second kappa shape index (κ2) is 6.27. The minimum atomic E-state index is 0.124. The van der Waals surface area contributed by atoms with Crippen molar-refractivity contribution in [2.75, 3.05) is 19.7 Å². The van der Waals surface area contributed by atoms with E-state index in [4.69, 9.17) is 0 Å². The summed E-state index contributed by atoms with van der Waals surface area (Å²) in [7, 11) is 0. The molecule has 2 amide bonds. The summed E-state index contributed by atoms with van der Waals surface area (Å²) in [4.78, 5) is 14.7. The van der Waals surface area contributed by atoms with Crippen LogP contribution in [-0.2, 0) is 0 Å². The fourth-order valence-electron chi connectivity index (χ4n) is 6.59. The monoisotopic (exact) mass is 320 g/mol. The molecule has 4 saturated carbocycles. The van der Waals surface area contributed by atoms with Crippen LogP contribution < -0.4 is 5.32 Å². The number of nitrogens with zero attached hydrogens (tertiary/aromatic N) is 1. The van der Waals surface area contributed by atoms with Gasteiger partial charge in [0.25, 0.3) is 0 Å². The molecule has 1 atom stereocenters. The van der Waals surface area contributed by atoms with E-state index in [1.54, 1.807) is 0 Å². The minimum Gasteiger partial charge on any atom is -0.396 e. The van der Waals surface area contributed by atoms with Crippen LogP contribution in [0.25, 0.3) is 0 Å². The van der Waals surface area contributed by atoms with Crippen LogP contribution in [0.3, 0.4) is 0 Å². The van der Waals surface area contributed by atoms with Crippen molar-refractivity contribution in [3.8, 4) is 0 Å². The number of nitrogens with one attached hydrogen (secondary N) is 1. The Morgan fingerprint density at radius 1 is 1.09 bits per heavy atom. The highest BCUT2D eigenvalue weighted by Gasteiger charge is 2.50. The molecule has 0 aromatic rings. The predicted molar refractivity (Wildman–Crippen MR) is 90.1 cm³/mol. The Morgan fingerprint density at radius 3 is 2.35 bits per heavy atom. The molecule has 1 saturated heterocycles. The summed E-state index contributed by atoms with van der Waals surface area (Å²) in [6.45, 7) is 1.93. The average molecular weight is 320 g/mol. The number of carbonyl (C=O) groups excluding carboxylic acids is 1. The molecule has 4 aliphatic carbocycles. The first kappa shape index (κ1) is 15.7. The van der Waals surface area contributed by atoms with Gasteiger partial charge in [0.05, 0.1) is 0 Å². The third-order valence-corrected chi connectivity index (χ3v) is 7.13. The maximum absolute atomic E-state index is 12.7. The first-order valence-corrected chi connectivity index (χ1v) is 9.83. The van der Waals surface area contributed by atoms with Gasteiger partial charge in [0.2, 0.25) is 0 Å². The van der Waals surface area contributed by atoms with Gasteiger partial charge < -0.3 is 15.3 Å². The molecular formula is C19H32N2O2. The van der Waals surface area contributed by atoms with Gasteiger partial charge >= 0.3 is 6.03 Å². The number of amides is 2. The van der Waals surface area contributed by atoms with Crippen LogP contribution in [0.1, 0.15) is 64.2 Å². The summed E-state index contributed by atoms with van der Waals surface area (Å²) in [5.41, 5.74) is 0.409. The van der Waals surface area contributed by atoms with E-state index < -0.39 is 0 Å². The summed E-state index contributed by atoms with van der Waals surface area (Å²) < 4.78 is 0. The van der Waals surface area contributed by atoms with Crippen LogP contribution >= 0.6 is 0 Å². The minimum absolute atomic E-state index is 0.124. The highest BCUT2D eigenvalue weighted by atomic mass is 16.3. The van der Waals surface area contributed by atoms with E-state index in [0.29, 0.717) is 5.41 Å². The number of hydrogen-bond acceptors (Lipinski definition) is 2. The van der Waals surface area contributed by atoms with E-state index in [1.807, 2.05) is 4.90 Å². The molecule has 4 heteroatoms. The number of carbonyl (C=O) groups is 1. The molecule has 1 aliphatic heterocycles. The first-order valence-electron chi connectivity index (χ1n) is 9.83. The molecular weight excluding hydrogens is 288 g/mol. The third-order valence-electron chi connectivity index (χ3n) is 7.13. The van der Waals surface area contributed by atoms with Crippen molar-refractivity contribution in [2.24, 2.45) is 23.2 Å². The zero-order chi connectivity index (χ0) is 15.9. The zero-order valence-electron chi connectivity index (χ0n) is 14.3.